The van der Waals surface area contributed by atoms with Gasteiger partial charge in [-0.2, -0.15) is 11.8 Å². The highest BCUT2D eigenvalue weighted by Gasteiger charge is 1.95. The molecule has 0 bridgehead atoms. The van der Waals surface area contributed by atoms with Gasteiger partial charge in [-0.15, -0.1) is 0 Å². The molecule has 0 rings (SSSR count). The Hall–Kier alpha value is -0.220. The van der Waals surface area contributed by atoms with Gasteiger partial charge in [0.1, 0.15) is 0 Å². The van der Waals surface area contributed by atoms with Gasteiger partial charge in [0.05, 0.1) is 6.61 Å². The van der Waals surface area contributed by atoms with Crippen LogP contribution in [0.4, 0.5) is 0 Å². The Balaban J connectivity index is 2.86. The van der Waals surface area contributed by atoms with Gasteiger partial charge in [0.25, 0.3) is 0 Å². The van der Waals surface area contributed by atoms with E-state index < -0.39 is 5.97 Å². The highest BCUT2D eigenvalue weighted by Crippen LogP contribution is 2.06. The van der Waals surface area contributed by atoms with Crippen LogP contribution in [0.5, 0.6) is 0 Å². The lowest BCUT2D eigenvalue weighted by atomic mass is 10.2. The lowest BCUT2D eigenvalue weighted by molar-refractivity contribution is -0.137. The summed E-state index contributed by atoms with van der Waals surface area (Å²) in [4.78, 5) is 10.1. The van der Waals surface area contributed by atoms with E-state index in [-0.39, 0.29) is 13.0 Å². The number of aliphatic hydroxyl groups is 1. The summed E-state index contributed by atoms with van der Waals surface area (Å²) in [6.07, 6.45) is 3.09. The van der Waals surface area contributed by atoms with Gasteiger partial charge in [0.15, 0.2) is 0 Å². The molecule has 0 aliphatic carbocycles. The van der Waals surface area contributed by atoms with E-state index in [0.717, 1.165) is 30.8 Å². The molecule has 0 radical (unpaired) electrons. The van der Waals surface area contributed by atoms with Gasteiger partial charge >= 0.3 is 5.97 Å². The maximum Gasteiger partial charge on any atom is 0.303 e. The second-order valence-electron chi connectivity index (χ2n) is 2.54. The maximum atomic E-state index is 10.1. The number of rotatable bonds is 8. The summed E-state index contributed by atoms with van der Waals surface area (Å²) < 4.78 is 0. The molecule has 72 valence electrons. The lowest BCUT2D eigenvalue weighted by Crippen LogP contribution is -1.94. The monoisotopic (exact) mass is 192 g/mol. The van der Waals surface area contributed by atoms with Crippen molar-refractivity contribution < 1.29 is 15.0 Å². The predicted molar refractivity (Wildman–Crippen MR) is 50.5 cm³/mol. The molecule has 0 spiro atoms. The molecule has 0 saturated heterocycles. The Morgan fingerprint density at radius 2 is 1.92 bits per heavy atom. The number of thioether (sulfide) groups is 1. The molecule has 0 aromatic rings. The third kappa shape index (κ3) is 9.78. The maximum absolute atomic E-state index is 10.1. The van der Waals surface area contributed by atoms with E-state index in [1.807, 2.05) is 0 Å². The van der Waals surface area contributed by atoms with Crippen LogP contribution in [0.15, 0.2) is 0 Å². The summed E-state index contributed by atoms with van der Waals surface area (Å²) in [5.41, 5.74) is 0. The minimum absolute atomic E-state index is 0.236. The van der Waals surface area contributed by atoms with Gasteiger partial charge in [-0.25, -0.2) is 0 Å². The fourth-order valence-corrected chi connectivity index (χ4v) is 1.57. The molecular formula is C8H16O3S. The van der Waals surface area contributed by atoms with E-state index in [0.29, 0.717) is 0 Å². The number of carboxylic acid groups (broad SMARTS) is 1. The van der Waals surface area contributed by atoms with E-state index in [9.17, 15) is 4.79 Å². The van der Waals surface area contributed by atoms with E-state index in [1.165, 1.54) is 0 Å². The van der Waals surface area contributed by atoms with Crippen molar-refractivity contribution in [2.24, 2.45) is 0 Å². The largest absolute Gasteiger partial charge is 0.481 e. The van der Waals surface area contributed by atoms with Gasteiger partial charge in [0.2, 0.25) is 0 Å². The summed E-state index contributed by atoms with van der Waals surface area (Å²) in [5, 5.41) is 16.8. The van der Waals surface area contributed by atoms with Crippen LogP contribution in [0.25, 0.3) is 0 Å². The molecule has 0 atom stereocenters. The van der Waals surface area contributed by atoms with Crippen LogP contribution in [0.3, 0.4) is 0 Å². The molecule has 0 saturated carbocycles. The van der Waals surface area contributed by atoms with Crippen molar-refractivity contribution in [1.82, 2.24) is 0 Å². The third-order valence-corrected chi connectivity index (χ3v) is 2.46. The number of unbranched alkanes of at least 4 members (excludes halogenated alkanes) is 2. The average molecular weight is 192 g/mol. The number of aliphatic carboxylic acids is 1. The fraction of sp³-hybridized carbons (Fsp3) is 0.875. The highest BCUT2D eigenvalue weighted by molar-refractivity contribution is 7.99. The Morgan fingerprint density at radius 1 is 1.17 bits per heavy atom. The Bertz CT molecular complexity index is 117. The van der Waals surface area contributed by atoms with E-state index in [4.69, 9.17) is 10.2 Å². The molecule has 0 amide bonds. The molecule has 0 aromatic heterocycles. The van der Waals surface area contributed by atoms with Crippen molar-refractivity contribution in [3.8, 4) is 0 Å². The average Bonchev–Trinajstić information content (AvgIpc) is 2.02. The molecule has 0 aliphatic heterocycles. The van der Waals surface area contributed by atoms with Crippen molar-refractivity contribution in [2.75, 3.05) is 18.1 Å². The van der Waals surface area contributed by atoms with Crippen LogP contribution in [0.2, 0.25) is 0 Å². The van der Waals surface area contributed by atoms with Crippen LogP contribution in [0, 0.1) is 0 Å². The highest BCUT2D eigenvalue weighted by atomic mass is 32.2. The van der Waals surface area contributed by atoms with Crippen molar-refractivity contribution >= 4 is 17.7 Å². The first-order valence-corrected chi connectivity index (χ1v) is 5.33. The van der Waals surface area contributed by atoms with Crippen LogP contribution < -0.4 is 0 Å². The number of carboxylic acids is 1. The molecule has 0 fully saturated rings. The third-order valence-electron chi connectivity index (χ3n) is 1.41. The van der Waals surface area contributed by atoms with Crippen molar-refractivity contribution in [1.29, 1.82) is 0 Å². The van der Waals surface area contributed by atoms with Crippen LogP contribution in [0.1, 0.15) is 25.7 Å². The van der Waals surface area contributed by atoms with Crippen molar-refractivity contribution in [2.45, 2.75) is 25.7 Å². The van der Waals surface area contributed by atoms with E-state index in [1.54, 1.807) is 11.8 Å². The molecule has 4 heteroatoms. The van der Waals surface area contributed by atoms with E-state index >= 15 is 0 Å². The van der Waals surface area contributed by atoms with Gasteiger partial charge in [-0.3, -0.25) is 4.79 Å². The first-order chi connectivity index (χ1) is 5.77. The second kappa shape index (κ2) is 8.87. The summed E-state index contributed by atoms with van der Waals surface area (Å²) >= 11 is 1.71. The summed E-state index contributed by atoms with van der Waals surface area (Å²) in [6.45, 7) is 0.236. The first kappa shape index (κ1) is 11.8. The minimum atomic E-state index is -0.710. The van der Waals surface area contributed by atoms with Gasteiger partial charge in [0, 0.05) is 12.2 Å². The predicted octanol–water partition coefficient (Wildman–Crippen LogP) is 1.36. The fourth-order valence-electron chi connectivity index (χ4n) is 0.824. The lowest BCUT2D eigenvalue weighted by Gasteiger charge is -1.98. The quantitative estimate of drug-likeness (QED) is 0.570. The Labute approximate surface area is 77.2 Å². The standard InChI is InChI=1S/C8H16O3S/c9-5-7-12-6-3-1-2-4-8(10)11/h9H,1-7H2,(H,10,11). The zero-order valence-corrected chi connectivity index (χ0v) is 7.98. The zero-order valence-electron chi connectivity index (χ0n) is 7.16. The molecule has 3 nitrogen and oxygen atoms in total. The van der Waals surface area contributed by atoms with Gasteiger partial charge < -0.3 is 10.2 Å². The summed E-state index contributed by atoms with van der Waals surface area (Å²) in [5.74, 6) is 1.11. The molecule has 0 heterocycles. The molecule has 2 N–H and O–H groups in total. The number of hydrogen-bond acceptors (Lipinski definition) is 3. The summed E-state index contributed by atoms with van der Waals surface area (Å²) in [7, 11) is 0. The van der Waals surface area contributed by atoms with Crippen molar-refractivity contribution in [3.63, 3.8) is 0 Å². The Morgan fingerprint density at radius 3 is 2.50 bits per heavy atom. The molecule has 0 aliphatic rings. The smallest absolute Gasteiger partial charge is 0.303 e. The SMILES string of the molecule is O=C(O)CCCCCSCCO. The van der Waals surface area contributed by atoms with Crippen LogP contribution >= 0.6 is 11.8 Å². The van der Waals surface area contributed by atoms with Crippen LogP contribution in [-0.2, 0) is 4.79 Å². The van der Waals surface area contributed by atoms with Gasteiger partial charge in [-0.1, -0.05) is 6.42 Å². The molecular weight excluding hydrogens is 176 g/mol. The zero-order chi connectivity index (χ0) is 9.23. The van der Waals surface area contributed by atoms with Crippen LogP contribution in [-0.4, -0.2) is 34.3 Å². The second-order valence-corrected chi connectivity index (χ2v) is 3.77. The van der Waals surface area contributed by atoms with Gasteiger partial charge in [-0.05, 0) is 18.6 Å². The normalized spacial score (nSPS) is 10.1. The van der Waals surface area contributed by atoms with Crippen molar-refractivity contribution in [3.05, 3.63) is 0 Å². The number of carbonyl (C=O) groups is 1. The molecule has 0 unspecified atom stereocenters. The topological polar surface area (TPSA) is 57.5 Å². The minimum Gasteiger partial charge on any atom is -0.481 e. The number of hydrogen-bond donors (Lipinski definition) is 2. The Kier molecular flexibility index (Phi) is 8.71. The molecule has 12 heavy (non-hydrogen) atoms. The van der Waals surface area contributed by atoms with E-state index in [2.05, 4.69) is 0 Å². The first-order valence-electron chi connectivity index (χ1n) is 4.17. The molecule has 0 aromatic carbocycles. The number of aliphatic hydroxyl groups excluding tert-OH is 1. The summed E-state index contributed by atoms with van der Waals surface area (Å²) in [6, 6.07) is 0.